The van der Waals surface area contributed by atoms with Crippen LogP contribution in [-0.4, -0.2) is 34.0 Å². The minimum atomic E-state index is -4.97. The quantitative estimate of drug-likeness (QED) is 0.210. The second-order valence-electron chi connectivity index (χ2n) is 13.7. The second-order valence-corrected chi connectivity index (χ2v) is 13.7. The number of carbonyl (C=O) groups excluding carboxylic acids is 2. The number of hydrogen-bond acceptors (Lipinski definition) is 5. The second kappa shape index (κ2) is 12.3. The van der Waals surface area contributed by atoms with Gasteiger partial charge >= 0.3 is 6.18 Å². The zero-order chi connectivity index (χ0) is 31.1. The Morgan fingerprint density at radius 2 is 1.73 bits per heavy atom. The summed E-state index contributed by atoms with van der Waals surface area (Å²) < 4.78 is 42.2. The number of aromatic nitrogens is 2. The Hall–Kier alpha value is -3.19. The molecular formula is C34H41F3N4O3. The number of nitrogens with one attached hydrogen (secondary N) is 2. The van der Waals surface area contributed by atoms with E-state index in [4.69, 9.17) is 0 Å². The molecule has 2 atom stereocenters. The van der Waals surface area contributed by atoms with Crippen molar-refractivity contribution >= 4 is 22.7 Å². The van der Waals surface area contributed by atoms with Crippen molar-refractivity contribution in [2.75, 3.05) is 6.54 Å². The Bertz CT molecular complexity index is 1520. The minimum Gasteiger partial charge on any atom is -0.314 e. The highest BCUT2D eigenvalue weighted by molar-refractivity contribution is 5.99. The molecule has 2 N–H and O–H groups in total. The number of imide groups is 1. The van der Waals surface area contributed by atoms with E-state index in [0.29, 0.717) is 22.4 Å². The number of amides is 2. The van der Waals surface area contributed by atoms with E-state index >= 15 is 0 Å². The first kappa shape index (κ1) is 30.8. The van der Waals surface area contributed by atoms with Crippen molar-refractivity contribution < 1.29 is 22.8 Å². The molecule has 2 aromatic rings. The van der Waals surface area contributed by atoms with Gasteiger partial charge < -0.3 is 5.32 Å². The molecule has 1 aliphatic heterocycles. The summed E-state index contributed by atoms with van der Waals surface area (Å²) in [7, 11) is 0. The summed E-state index contributed by atoms with van der Waals surface area (Å²) in [5.41, 5.74) is -0.330. The molecule has 2 heterocycles. The largest absolute Gasteiger partial charge is 0.449 e. The van der Waals surface area contributed by atoms with Crippen LogP contribution in [0.4, 0.5) is 13.2 Å². The standard InChI is InChI=1S/C34H41F3N4O3/c1-21(33-18-22-15-23(19-33)17-24(16-22)20-33)38-14-7-5-3-2-4-6-9-25-10-8-11-26-29(25)31(44)41(32(39-26)34(35,36)37)27-12-13-28(42)40-30(27)43/h8,10-11,21-24,27,38H,2-5,7,12-20H2,1H3,(H,40,42,43). The van der Waals surface area contributed by atoms with Gasteiger partial charge in [-0.15, -0.1) is 0 Å². The smallest absolute Gasteiger partial charge is 0.314 e. The molecule has 5 fully saturated rings. The third-order valence-electron chi connectivity index (χ3n) is 10.6. The van der Waals surface area contributed by atoms with E-state index in [1.807, 2.05) is 5.32 Å². The number of carbonyl (C=O) groups is 2. The fraction of sp³-hybridized carbons (Fsp3) is 0.647. The Morgan fingerprint density at radius 1 is 1.05 bits per heavy atom. The van der Waals surface area contributed by atoms with Crippen molar-refractivity contribution in [2.24, 2.45) is 23.2 Å². The fourth-order valence-electron chi connectivity index (χ4n) is 8.86. The van der Waals surface area contributed by atoms with Gasteiger partial charge in [-0.2, -0.15) is 13.2 Å². The number of fused-ring (bicyclic) bond motifs is 1. The van der Waals surface area contributed by atoms with Crippen LogP contribution in [0.1, 0.15) is 108 Å². The van der Waals surface area contributed by atoms with Crippen LogP contribution < -0.4 is 16.2 Å². The predicted octanol–water partition coefficient (Wildman–Crippen LogP) is 5.89. The average molecular weight is 611 g/mol. The van der Waals surface area contributed by atoms with Crippen molar-refractivity contribution in [3.63, 3.8) is 0 Å². The number of halogens is 3. The first-order chi connectivity index (χ1) is 21.0. The van der Waals surface area contributed by atoms with E-state index in [2.05, 4.69) is 29.1 Å². The number of unbranched alkanes of at least 4 members (excludes halogenated alkanes) is 4. The van der Waals surface area contributed by atoms with E-state index < -0.39 is 35.4 Å². The summed E-state index contributed by atoms with van der Waals surface area (Å²) in [5.74, 6) is 5.92. The first-order valence-electron chi connectivity index (χ1n) is 16.2. The van der Waals surface area contributed by atoms with Crippen LogP contribution in [0.3, 0.4) is 0 Å². The van der Waals surface area contributed by atoms with Crippen molar-refractivity contribution in [2.45, 2.75) is 109 Å². The highest BCUT2D eigenvalue weighted by Crippen LogP contribution is 2.61. The van der Waals surface area contributed by atoms with Crippen LogP contribution in [0.2, 0.25) is 0 Å². The SMILES string of the molecule is CC(NCCCCCCC#Cc1cccc2nc(C(F)(F)F)n(C3CCC(=O)NC3=O)c(=O)c12)C12CC3CC(CC(C3)C1)C2. The lowest BCUT2D eigenvalue weighted by Crippen LogP contribution is -2.54. The Kier molecular flexibility index (Phi) is 8.62. The van der Waals surface area contributed by atoms with Crippen molar-refractivity contribution in [1.29, 1.82) is 0 Å². The van der Waals surface area contributed by atoms with Crippen molar-refractivity contribution in [1.82, 2.24) is 20.2 Å². The molecule has 7 nitrogen and oxygen atoms in total. The maximum atomic E-state index is 14.0. The molecule has 1 aromatic carbocycles. The molecule has 1 aromatic heterocycles. The highest BCUT2D eigenvalue weighted by Gasteiger charge is 2.53. The van der Waals surface area contributed by atoms with Gasteiger partial charge in [0.1, 0.15) is 6.04 Å². The molecule has 0 spiro atoms. The van der Waals surface area contributed by atoms with Crippen LogP contribution in [0.5, 0.6) is 0 Å². The van der Waals surface area contributed by atoms with Crippen LogP contribution >= 0.6 is 0 Å². The van der Waals surface area contributed by atoms with Gasteiger partial charge in [0, 0.05) is 24.4 Å². The van der Waals surface area contributed by atoms with Crippen molar-refractivity contribution in [3.05, 3.63) is 39.9 Å². The predicted molar refractivity (Wildman–Crippen MR) is 160 cm³/mol. The topological polar surface area (TPSA) is 93.1 Å². The van der Waals surface area contributed by atoms with Crippen LogP contribution in [0.15, 0.2) is 23.0 Å². The maximum Gasteiger partial charge on any atom is 0.449 e. The van der Waals surface area contributed by atoms with Crippen LogP contribution in [0, 0.1) is 35.0 Å². The lowest BCUT2D eigenvalue weighted by molar-refractivity contribution is -0.150. The molecule has 2 amide bonds. The molecule has 4 aliphatic carbocycles. The Morgan fingerprint density at radius 3 is 2.39 bits per heavy atom. The zero-order valence-corrected chi connectivity index (χ0v) is 25.3. The van der Waals surface area contributed by atoms with Crippen LogP contribution in [0.25, 0.3) is 10.9 Å². The number of hydrogen-bond donors (Lipinski definition) is 2. The summed E-state index contributed by atoms with van der Waals surface area (Å²) >= 11 is 0. The van der Waals surface area contributed by atoms with Crippen LogP contribution in [-0.2, 0) is 15.8 Å². The van der Waals surface area contributed by atoms with Gasteiger partial charge in [0.25, 0.3) is 5.56 Å². The lowest BCUT2D eigenvalue weighted by Gasteiger charge is -2.59. The molecule has 5 aliphatic rings. The monoisotopic (exact) mass is 610 g/mol. The number of piperidine rings is 1. The fourth-order valence-corrected chi connectivity index (χ4v) is 8.86. The van der Waals surface area contributed by atoms with Gasteiger partial charge in [-0.25, -0.2) is 4.98 Å². The van der Waals surface area contributed by atoms with Gasteiger partial charge in [0.2, 0.25) is 17.6 Å². The first-order valence-corrected chi connectivity index (χ1v) is 16.2. The molecular weight excluding hydrogens is 569 g/mol. The third kappa shape index (κ3) is 6.17. The number of nitrogens with zero attached hydrogens (tertiary/aromatic N) is 2. The van der Waals surface area contributed by atoms with Gasteiger partial charge in [0.05, 0.1) is 10.9 Å². The average Bonchev–Trinajstić information content (AvgIpc) is 2.95. The number of alkyl halides is 3. The minimum absolute atomic E-state index is 0.0584. The summed E-state index contributed by atoms with van der Waals surface area (Å²) in [6.07, 6.45) is 7.98. The highest BCUT2D eigenvalue weighted by atomic mass is 19.4. The lowest BCUT2D eigenvalue weighted by atomic mass is 9.48. The Labute approximate surface area is 255 Å². The molecule has 2 unspecified atom stereocenters. The number of benzene rings is 1. The molecule has 44 heavy (non-hydrogen) atoms. The van der Waals surface area contributed by atoms with Gasteiger partial charge in [-0.05, 0) is 107 Å². The summed E-state index contributed by atoms with van der Waals surface area (Å²) in [5, 5.41) is 5.83. The molecule has 0 radical (unpaired) electrons. The zero-order valence-electron chi connectivity index (χ0n) is 25.3. The van der Waals surface area contributed by atoms with E-state index in [1.54, 1.807) is 6.07 Å². The third-order valence-corrected chi connectivity index (χ3v) is 10.6. The van der Waals surface area contributed by atoms with Crippen molar-refractivity contribution in [3.8, 4) is 11.8 Å². The van der Waals surface area contributed by atoms with E-state index in [-0.39, 0.29) is 29.3 Å². The molecule has 10 heteroatoms. The molecule has 1 saturated heterocycles. The molecule has 7 rings (SSSR count). The van der Waals surface area contributed by atoms with Gasteiger partial charge in [0.15, 0.2) is 0 Å². The summed E-state index contributed by atoms with van der Waals surface area (Å²) in [6, 6.07) is 3.52. The molecule has 236 valence electrons. The normalized spacial score (nSPS) is 28.5. The molecule has 4 saturated carbocycles. The van der Waals surface area contributed by atoms with E-state index in [0.717, 1.165) is 50.0 Å². The summed E-state index contributed by atoms with van der Waals surface area (Å²) in [4.78, 5) is 41.3. The van der Waals surface area contributed by atoms with E-state index in [9.17, 15) is 27.6 Å². The number of rotatable bonds is 9. The maximum absolute atomic E-state index is 14.0. The van der Waals surface area contributed by atoms with Gasteiger partial charge in [-0.3, -0.25) is 24.3 Å². The Balaban J connectivity index is 1.05. The van der Waals surface area contributed by atoms with Gasteiger partial charge in [-0.1, -0.05) is 30.7 Å². The summed E-state index contributed by atoms with van der Waals surface area (Å²) in [6.45, 7) is 3.42. The molecule has 4 bridgehead atoms. The van der Waals surface area contributed by atoms with E-state index in [1.165, 1.54) is 50.7 Å².